The fraction of sp³-hybridized carbons (Fsp3) is 0.462. The number of rotatable bonds is 1. The molecule has 1 aromatic carbocycles. The van der Waals surface area contributed by atoms with Crippen LogP contribution in [0.5, 0.6) is 0 Å². The predicted molar refractivity (Wildman–Crippen MR) is 72.7 cm³/mol. The fourth-order valence-electron chi connectivity index (χ4n) is 2.23. The van der Waals surface area contributed by atoms with E-state index in [2.05, 4.69) is 5.32 Å². The van der Waals surface area contributed by atoms with Crippen LogP contribution >= 0.6 is 11.8 Å². The Morgan fingerprint density at radius 3 is 2.83 bits per heavy atom. The molecule has 96 valence electrons. The minimum atomic E-state index is -0.242. The topological polar surface area (TPSA) is 33.6 Å². The summed E-state index contributed by atoms with van der Waals surface area (Å²) in [5, 5.41) is 3.90. The SMILES string of the molecule is Fc1ccccc1NC1=NC2(CCOCC2)CS1. The number of halogens is 1. The van der Waals surface area contributed by atoms with Gasteiger partial charge in [0.15, 0.2) is 5.17 Å². The second-order valence-corrected chi connectivity index (χ2v) is 5.61. The molecule has 3 nitrogen and oxygen atoms in total. The van der Waals surface area contributed by atoms with Crippen LogP contribution in [0.4, 0.5) is 10.1 Å². The van der Waals surface area contributed by atoms with Gasteiger partial charge in [0.2, 0.25) is 0 Å². The normalized spacial score (nSPS) is 21.9. The summed E-state index contributed by atoms with van der Waals surface area (Å²) in [5.74, 6) is 0.724. The minimum absolute atomic E-state index is 0.0104. The Hall–Kier alpha value is -1.07. The summed E-state index contributed by atoms with van der Waals surface area (Å²) in [4.78, 5) is 4.74. The highest BCUT2D eigenvalue weighted by molar-refractivity contribution is 8.14. The highest BCUT2D eigenvalue weighted by Crippen LogP contribution is 2.36. The number of thioether (sulfide) groups is 1. The maximum absolute atomic E-state index is 13.5. The van der Waals surface area contributed by atoms with E-state index in [9.17, 15) is 4.39 Å². The van der Waals surface area contributed by atoms with E-state index in [1.165, 1.54) is 6.07 Å². The summed E-state index contributed by atoms with van der Waals surface area (Å²) in [6.45, 7) is 1.55. The number of hydrogen-bond donors (Lipinski definition) is 1. The van der Waals surface area contributed by atoms with Gasteiger partial charge in [0.1, 0.15) is 5.82 Å². The van der Waals surface area contributed by atoms with Gasteiger partial charge in [0.05, 0.1) is 11.2 Å². The van der Waals surface area contributed by atoms with Gasteiger partial charge in [0, 0.05) is 19.0 Å². The molecule has 0 amide bonds. The number of para-hydroxylation sites is 1. The lowest BCUT2D eigenvalue weighted by Crippen LogP contribution is -2.34. The van der Waals surface area contributed by atoms with E-state index in [0.717, 1.165) is 37.0 Å². The third-order valence-electron chi connectivity index (χ3n) is 3.36. The highest BCUT2D eigenvalue weighted by Gasteiger charge is 2.37. The van der Waals surface area contributed by atoms with Crippen molar-refractivity contribution in [2.75, 3.05) is 24.3 Å². The Bertz CT molecular complexity index is 472. The molecule has 0 aliphatic carbocycles. The summed E-state index contributed by atoms with van der Waals surface area (Å²) >= 11 is 1.67. The number of amidine groups is 1. The Labute approximate surface area is 110 Å². The molecule has 3 rings (SSSR count). The zero-order valence-electron chi connectivity index (χ0n) is 9.99. The van der Waals surface area contributed by atoms with Gasteiger partial charge in [-0.05, 0) is 25.0 Å². The van der Waals surface area contributed by atoms with Crippen LogP contribution in [0.25, 0.3) is 0 Å². The number of benzene rings is 1. The molecule has 2 aliphatic heterocycles. The lowest BCUT2D eigenvalue weighted by molar-refractivity contribution is 0.0624. The van der Waals surface area contributed by atoms with Crippen LogP contribution in [-0.2, 0) is 4.74 Å². The van der Waals surface area contributed by atoms with E-state index in [1.807, 2.05) is 6.07 Å². The summed E-state index contributed by atoms with van der Waals surface area (Å²) in [6, 6.07) is 6.68. The quantitative estimate of drug-likeness (QED) is 0.848. The van der Waals surface area contributed by atoms with Crippen molar-refractivity contribution in [2.24, 2.45) is 4.99 Å². The molecule has 5 heteroatoms. The predicted octanol–water partition coefficient (Wildman–Crippen LogP) is 2.89. The maximum atomic E-state index is 13.5. The van der Waals surface area contributed by atoms with Gasteiger partial charge in [-0.1, -0.05) is 23.9 Å². The van der Waals surface area contributed by atoms with Gasteiger partial charge in [-0.25, -0.2) is 4.39 Å². The van der Waals surface area contributed by atoms with Crippen LogP contribution in [0, 0.1) is 5.82 Å². The molecule has 0 radical (unpaired) electrons. The first kappa shape index (κ1) is 12.0. The van der Waals surface area contributed by atoms with Gasteiger partial charge in [0.25, 0.3) is 0 Å². The summed E-state index contributed by atoms with van der Waals surface area (Å²) in [7, 11) is 0. The van der Waals surface area contributed by atoms with Crippen molar-refractivity contribution in [3.63, 3.8) is 0 Å². The zero-order chi connectivity index (χ0) is 12.4. The van der Waals surface area contributed by atoms with E-state index >= 15 is 0 Å². The number of ether oxygens (including phenoxy) is 1. The molecule has 18 heavy (non-hydrogen) atoms. The van der Waals surface area contributed by atoms with Crippen molar-refractivity contribution in [2.45, 2.75) is 18.4 Å². The lowest BCUT2D eigenvalue weighted by Gasteiger charge is -2.29. The first-order valence-electron chi connectivity index (χ1n) is 6.09. The molecule has 0 aromatic heterocycles. The molecule has 0 unspecified atom stereocenters. The monoisotopic (exact) mass is 266 g/mol. The van der Waals surface area contributed by atoms with Crippen LogP contribution in [0.1, 0.15) is 12.8 Å². The molecule has 0 atom stereocenters. The maximum Gasteiger partial charge on any atom is 0.161 e. The number of anilines is 1. The first-order chi connectivity index (χ1) is 8.77. The molecule has 1 saturated heterocycles. The number of nitrogens with zero attached hydrogens (tertiary/aromatic N) is 1. The fourth-order valence-corrected chi connectivity index (χ4v) is 3.43. The van der Waals surface area contributed by atoms with Crippen LogP contribution < -0.4 is 5.32 Å². The molecule has 0 saturated carbocycles. The highest BCUT2D eigenvalue weighted by atomic mass is 32.2. The molecule has 1 fully saturated rings. The van der Waals surface area contributed by atoms with Crippen LogP contribution in [0.2, 0.25) is 0 Å². The Morgan fingerprint density at radius 1 is 1.28 bits per heavy atom. The van der Waals surface area contributed by atoms with E-state index < -0.39 is 0 Å². The van der Waals surface area contributed by atoms with Gasteiger partial charge >= 0.3 is 0 Å². The van der Waals surface area contributed by atoms with Gasteiger partial charge in [-0.3, -0.25) is 4.99 Å². The average Bonchev–Trinajstić information content (AvgIpc) is 2.76. The van der Waals surface area contributed by atoms with Gasteiger partial charge < -0.3 is 10.1 Å². The van der Waals surface area contributed by atoms with E-state index in [4.69, 9.17) is 9.73 Å². The Kier molecular flexibility index (Phi) is 3.26. The largest absolute Gasteiger partial charge is 0.381 e. The molecular weight excluding hydrogens is 251 g/mol. The molecule has 1 spiro atoms. The minimum Gasteiger partial charge on any atom is -0.381 e. The molecule has 2 aliphatic rings. The van der Waals surface area contributed by atoms with E-state index in [1.54, 1.807) is 23.9 Å². The van der Waals surface area contributed by atoms with E-state index in [0.29, 0.717) is 5.69 Å². The average molecular weight is 266 g/mol. The van der Waals surface area contributed by atoms with Crippen molar-refractivity contribution >= 4 is 22.6 Å². The number of hydrogen-bond acceptors (Lipinski definition) is 4. The van der Waals surface area contributed by atoms with Gasteiger partial charge in [-0.15, -0.1) is 0 Å². The smallest absolute Gasteiger partial charge is 0.161 e. The second kappa shape index (κ2) is 4.90. The summed E-state index contributed by atoms with van der Waals surface area (Å²) < 4.78 is 18.9. The molecule has 1 N–H and O–H groups in total. The summed E-state index contributed by atoms with van der Waals surface area (Å²) in [5.41, 5.74) is 0.504. The lowest BCUT2D eigenvalue weighted by atomic mass is 9.93. The first-order valence-corrected chi connectivity index (χ1v) is 7.08. The molecule has 2 heterocycles. The van der Waals surface area contributed by atoms with Gasteiger partial charge in [-0.2, -0.15) is 0 Å². The standard InChI is InChI=1S/C13H15FN2OS/c14-10-3-1-2-4-11(10)15-12-16-13(9-18-12)5-7-17-8-6-13/h1-4H,5-9H2,(H,15,16). The van der Waals surface area contributed by atoms with Crippen molar-refractivity contribution < 1.29 is 9.13 Å². The van der Waals surface area contributed by atoms with Crippen LogP contribution in [0.3, 0.4) is 0 Å². The Balaban J connectivity index is 1.74. The van der Waals surface area contributed by atoms with Crippen LogP contribution in [-0.4, -0.2) is 29.7 Å². The van der Waals surface area contributed by atoms with Crippen molar-refractivity contribution in [1.29, 1.82) is 0 Å². The molecular formula is C13H15FN2OS. The van der Waals surface area contributed by atoms with Crippen LogP contribution in [0.15, 0.2) is 29.3 Å². The second-order valence-electron chi connectivity index (χ2n) is 4.65. The number of nitrogens with one attached hydrogen (secondary N) is 1. The molecule has 0 bridgehead atoms. The van der Waals surface area contributed by atoms with Crippen molar-refractivity contribution in [3.8, 4) is 0 Å². The number of aliphatic imine (C=N–C) groups is 1. The zero-order valence-corrected chi connectivity index (χ0v) is 10.8. The summed E-state index contributed by atoms with van der Waals surface area (Å²) in [6.07, 6.45) is 1.92. The Morgan fingerprint density at radius 2 is 2.06 bits per heavy atom. The third-order valence-corrected chi connectivity index (χ3v) is 4.50. The van der Waals surface area contributed by atoms with Crippen molar-refractivity contribution in [3.05, 3.63) is 30.1 Å². The third kappa shape index (κ3) is 2.37. The van der Waals surface area contributed by atoms with E-state index in [-0.39, 0.29) is 11.4 Å². The van der Waals surface area contributed by atoms with Crippen molar-refractivity contribution in [1.82, 2.24) is 0 Å². The molecule has 1 aromatic rings.